The lowest BCUT2D eigenvalue weighted by Crippen LogP contribution is -2.36. The highest BCUT2D eigenvalue weighted by Crippen LogP contribution is 2.34. The topological polar surface area (TPSA) is 153 Å². The first-order chi connectivity index (χ1) is 15.5. The average molecular weight is 456 g/mol. The highest BCUT2D eigenvalue weighted by molar-refractivity contribution is 7.83. The largest absolute Gasteiger partial charge is 0.472 e. The third kappa shape index (κ3) is 4.49. The van der Waals surface area contributed by atoms with E-state index in [1.165, 1.54) is 18.9 Å². The van der Waals surface area contributed by atoms with E-state index in [4.69, 9.17) is 15.6 Å². The zero-order chi connectivity index (χ0) is 22.7. The van der Waals surface area contributed by atoms with E-state index >= 15 is 0 Å². The molecule has 1 fully saturated rings. The highest BCUT2D eigenvalue weighted by Gasteiger charge is 2.23. The number of rotatable bonds is 7. The molecule has 1 saturated heterocycles. The first kappa shape index (κ1) is 21.9. The van der Waals surface area contributed by atoms with Gasteiger partial charge in [-0.1, -0.05) is 0 Å². The van der Waals surface area contributed by atoms with E-state index in [-0.39, 0.29) is 17.6 Å². The monoisotopic (exact) mass is 455 g/mol. The van der Waals surface area contributed by atoms with Crippen molar-refractivity contribution in [3.05, 3.63) is 54.2 Å². The normalized spacial score (nSPS) is 15.5. The number of hydrogen-bond donors (Lipinski definition) is 5. The Morgan fingerprint density at radius 2 is 2.09 bits per heavy atom. The molecule has 10 nitrogen and oxygen atoms in total. The van der Waals surface area contributed by atoms with E-state index in [0.717, 1.165) is 5.69 Å². The third-order valence-corrected chi connectivity index (χ3v) is 6.42. The van der Waals surface area contributed by atoms with Crippen LogP contribution in [0.4, 0.5) is 23.0 Å². The maximum Gasteiger partial charge on any atom is 0.145 e. The van der Waals surface area contributed by atoms with E-state index in [9.17, 15) is 9.32 Å². The number of nitrogens with one attached hydrogen (secondary N) is 3. The van der Waals surface area contributed by atoms with Gasteiger partial charge in [0.1, 0.15) is 28.9 Å². The summed E-state index contributed by atoms with van der Waals surface area (Å²) in [5.41, 5.74) is 8.68. The van der Waals surface area contributed by atoms with Gasteiger partial charge in [-0.2, -0.15) is 0 Å². The molecule has 1 aliphatic heterocycles. The zero-order valence-corrected chi connectivity index (χ0v) is 18.4. The molecule has 1 aliphatic rings. The predicted molar refractivity (Wildman–Crippen MR) is 124 cm³/mol. The minimum atomic E-state index is -1.38. The molecule has 1 unspecified atom stereocenters. The number of piperidine rings is 1. The Labute approximate surface area is 188 Å². The number of nitrogen functional groups attached to an aromatic ring is 1. The summed E-state index contributed by atoms with van der Waals surface area (Å²) >= 11 is 0. The molecule has 0 aliphatic carbocycles. The van der Waals surface area contributed by atoms with Crippen molar-refractivity contribution in [2.75, 3.05) is 36.1 Å². The number of nitrogens with zero attached hydrogens (tertiary/aromatic N) is 3. The first-order valence-corrected chi connectivity index (χ1v) is 11.3. The van der Waals surface area contributed by atoms with Crippen molar-refractivity contribution in [2.45, 2.75) is 23.8 Å². The van der Waals surface area contributed by atoms with Crippen LogP contribution in [-0.4, -0.2) is 51.2 Å². The first-order valence-electron chi connectivity index (χ1n) is 10.1. The Morgan fingerprint density at radius 3 is 2.78 bits per heavy atom. The van der Waals surface area contributed by atoms with Crippen molar-refractivity contribution in [2.24, 2.45) is 0 Å². The minimum Gasteiger partial charge on any atom is -0.472 e. The molecule has 0 spiro atoms. The summed E-state index contributed by atoms with van der Waals surface area (Å²) in [6.45, 7) is 1.38. The van der Waals surface area contributed by atoms with Crippen LogP contribution < -0.4 is 20.7 Å². The second-order valence-corrected chi connectivity index (χ2v) is 8.78. The number of furan rings is 1. The van der Waals surface area contributed by atoms with Crippen molar-refractivity contribution < 1.29 is 13.7 Å². The van der Waals surface area contributed by atoms with Crippen LogP contribution in [0.2, 0.25) is 0 Å². The lowest BCUT2D eigenvalue weighted by Gasteiger charge is -2.33. The van der Waals surface area contributed by atoms with Crippen molar-refractivity contribution in [3.63, 3.8) is 0 Å². The average Bonchev–Trinajstić information content (AvgIpc) is 3.34. The molecule has 3 heterocycles. The van der Waals surface area contributed by atoms with E-state index in [2.05, 4.69) is 24.9 Å². The summed E-state index contributed by atoms with van der Waals surface area (Å²) in [7, 11) is 0.243. The van der Waals surface area contributed by atoms with Gasteiger partial charge in [0, 0.05) is 18.7 Å². The maximum atomic E-state index is 12.4. The Bertz CT molecular complexity index is 1130. The van der Waals surface area contributed by atoms with E-state index in [0.29, 0.717) is 53.5 Å². The summed E-state index contributed by atoms with van der Waals surface area (Å²) in [6.07, 6.45) is 5.30. The lowest BCUT2D eigenvalue weighted by atomic mass is 10.1. The maximum absolute atomic E-state index is 12.4. The van der Waals surface area contributed by atoms with Crippen LogP contribution in [0.15, 0.2) is 52.4 Å². The summed E-state index contributed by atoms with van der Waals surface area (Å²) in [4.78, 5) is 11.1. The number of aromatic nitrogens is 2. The lowest BCUT2D eigenvalue weighted by molar-refractivity contribution is 0.145. The molecule has 168 valence electrons. The van der Waals surface area contributed by atoms with Crippen LogP contribution in [0, 0.1) is 5.41 Å². The van der Waals surface area contributed by atoms with Gasteiger partial charge in [-0.05, 0) is 44.2 Å². The molecule has 11 heteroatoms. The highest BCUT2D eigenvalue weighted by atomic mass is 32.2. The van der Waals surface area contributed by atoms with Crippen LogP contribution in [0.25, 0.3) is 0 Å². The summed E-state index contributed by atoms with van der Waals surface area (Å²) in [5.74, 6) is 0.515. The third-order valence-electron chi connectivity index (χ3n) is 5.36. The van der Waals surface area contributed by atoms with Gasteiger partial charge in [-0.15, -0.1) is 0 Å². The molecule has 0 bridgehead atoms. The number of anilines is 4. The number of nitrogens with two attached hydrogens (primary N) is 1. The zero-order valence-electron chi connectivity index (χ0n) is 17.5. The molecule has 1 atom stereocenters. The Morgan fingerprint density at radius 1 is 1.31 bits per heavy atom. The van der Waals surface area contributed by atoms with Gasteiger partial charge in [0.05, 0.1) is 46.2 Å². The second kappa shape index (κ2) is 9.47. The molecule has 3 aromatic rings. The molecule has 2 aromatic heterocycles. The van der Waals surface area contributed by atoms with Crippen molar-refractivity contribution >= 4 is 39.7 Å². The number of benzene rings is 1. The van der Waals surface area contributed by atoms with Gasteiger partial charge < -0.3 is 25.5 Å². The summed E-state index contributed by atoms with van der Waals surface area (Å²) in [6, 6.07) is 7.16. The molecule has 0 saturated carbocycles. The van der Waals surface area contributed by atoms with E-state index in [1.807, 2.05) is 6.07 Å². The van der Waals surface area contributed by atoms with Gasteiger partial charge in [-0.25, -0.2) is 18.9 Å². The van der Waals surface area contributed by atoms with Gasteiger partial charge in [0.15, 0.2) is 0 Å². The van der Waals surface area contributed by atoms with Crippen molar-refractivity contribution in [3.8, 4) is 0 Å². The Kier molecular flexibility index (Phi) is 6.49. The molecule has 0 radical (unpaired) electrons. The standard InChI is InChI=1S/C21H25N7O3S/c1-24-32(30)15-2-3-17(28-7-4-14(29)5-8-28)16(10-15)27-21-18(20(23)25-12-26-21)19(22)13-6-9-31-11-13/h2-3,6,9-12,14,22,24,29H,4-5,7-8H2,1H3,(H3,23,25,26,27). The molecule has 32 heavy (non-hydrogen) atoms. The number of aliphatic hydroxyl groups excluding tert-OH is 1. The number of hydrogen-bond acceptors (Lipinski definition) is 9. The second-order valence-electron chi connectivity index (χ2n) is 7.36. The number of aliphatic hydroxyl groups is 1. The van der Waals surface area contributed by atoms with E-state index < -0.39 is 11.0 Å². The van der Waals surface area contributed by atoms with Crippen molar-refractivity contribution in [1.29, 1.82) is 5.41 Å². The molecular weight excluding hydrogens is 430 g/mol. The smallest absolute Gasteiger partial charge is 0.145 e. The fourth-order valence-corrected chi connectivity index (χ4v) is 4.30. The van der Waals surface area contributed by atoms with Gasteiger partial charge in [0.2, 0.25) is 0 Å². The summed E-state index contributed by atoms with van der Waals surface area (Å²) < 4.78 is 20.2. The van der Waals surface area contributed by atoms with Gasteiger partial charge in [0.25, 0.3) is 0 Å². The van der Waals surface area contributed by atoms with Gasteiger partial charge >= 0.3 is 0 Å². The van der Waals surface area contributed by atoms with Crippen LogP contribution in [0.5, 0.6) is 0 Å². The molecule has 4 rings (SSSR count). The SMILES string of the molecule is CNS(=O)c1ccc(N2CCC(O)CC2)c(Nc2ncnc(N)c2C(=N)c2ccoc2)c1. The fraction of sp³-hybridized carbons (Fsp3) is 0.286. The predicted octanol–water partition coefficient (Wildman–Crippen LogP) is 2.01. The van der Waals surface area contributed by atoms with Crippen LogP contribution in [0.1, 0.15) is 24.0 Å². The van der Waals surface area contributed by atoms with Crippen molar-refractivity contribution in [1.82, 2.24) is 14.7 Å². The van der Waals surface area contributed by atoms with Gasteiger partial charge in [-0.3, -0.25) is 5.41 Å². The van der Waals surface area contributed by atoms with Crippen LogP contribution in [0.3, 0.4) is 0 Å². The van der Waals surface area contributed by atoms with Crippen LogP contribution >= 0.6 is 0 Å². The summed E-state index contributed by atoms with van der Waals surface area (Å²) in [5, 5.41) is 21.8. The Balaban J connectivity index is 1.75. The minimum absolute atomic E-state index is 0.122. The molecular formula is C21H25N7O3S. The molecule has 6 N–H and O–H groups in total. The van der Waals surface area contributed by atoms with Crippen LogP contribution in [-0.2, 0) is 11.0 Å². The Hall–Kier alpha value is -3.28. The fourth-order valence-electron chi connectivity index (χ4n) is 3.65. The quantitative estimate of drug-likeness (QED) is 0.339. The molecule has 1 aromatic carbocycles. The molecule has 0 amide bonds. The van der Waals surface area contributed by atoms with E-state index in [1.54, 1.807) is 25.2 Å².